The van der Waals surface area contributed by atoms with E-state index in [0.29, 0.717) is 5.02 Å². The zero-order chi connectivity index (χ0) is 23.0. The van der Waals surface area contributed by atoms with Crippen LogP contribution in [-0.4, -0.2) is 26.3 Å². The van der Waals surface area contributed by atoms with Crippen molar-refractivity contribution in [3.63, 3.8) is 0 Å². The van der Waals surface area contributed by atoms with Crippen LogP contribution >= 0.6 is 11.6 Å². The maximum Gasteiger partial charge on any atom is 0.259 e. The zero-order valence-corrected chi connectivity index (χ0v) is 19.1. The summed E-state index contributed by atoms with van der Waals surface area (Å²) in [5, 5.41) is 3.35. The van der Waals surface area contributed by atoms with E-state index in [1.54, 1.807) is 36.4 Å². The molecule has 0 saturated heterocycles. The van der Waals surface area contributed by atoms with E-state index in [4.69, 9.17) is 11.6 Å². The van der Waals surface area contributed by atoms with Crippen LogP contribution in [0.25, 0.3) is 0 Å². The van der Waals surface area contributed by atoms with Crippen LogP contribution in [-0.2, 0) is 16.4 Å². The van der Waals surface area contributed by atoms with Gasteiger partial charge in [-0.2, -0.15) is 0 Å². The molecule has 0 saturated carbocycles. The van der Waals surface area contributed by atoms with Gasteiger partial charge in [-0.3, -0.25) is 9.59 Å². The lowest BCUT2D eigenvalue weighted by Crippen LogP contribution is -2.32. The second-order valence-electron chi connectivity index (χ2n) is 7.83. The molecule has 3 aromatic rings. The van der Waals surface area contributed by atoms with Crippen LogP contribution < -0.4 is 10.2 Å². The minimum atomic E-state index is -3.98. The van der Waals surface area contributed by atoms with Crippen molar-refractivity contribution in [1.29, 1.82) is 0 Å². The number of amides is 2. The molecule has 0 fully saturated rings. The van der Waals surface area contributed by atoms with Gasteiger partial charge in [0.15, 0.2) is 0 Å². The molecule has 1 heterocycles. The van der Waals surface area contributed by atoms with Crippen LogP contribution in [0.2, 0.25) is 5.02 Å². The number of sulfone groups is 1. The Balaban J connectivity index is 1.92. The number of hydrogen-bond acceptors (Lipinski definition) is 4. The number of anilines is 1. The molecule has 0 spiro atoms. The molecule has 0 atom stereocenters. The molecule has 1 aliphatic heterocycles. The number of rotatable bonds is 4. The first-order valence-corrected chi connectivity index (χ1v) is 11.9. The second kappa shape index (κ2) is 8.41. The first-order valence-electron chi connectivity index (χ1n) is 10.0. The molecule has 0 unspecified atom stereocenters. The Kier molecular flexibility index (Phi) is 5.79. The monoisotopic (exact) mass is 468 g/mol. The fourth-order valence-corrected chi connectivity index (χ4v) is 5.38. The standard InChI is InChI=1S/C24H21ClN2O4S/c1-15(2)26-23(28)17-9-12-22-20(13-17)27(14-16-7-10-18(25)11-8-16)24(29)19-5-3-4-6-21(19)32(22,30)31/h3-13,15H,14H2,1-2H3,(H,26,28). The lowest BCUT2D eigenvalue weighted by Gasteiger charge is -2.23. The third kappa shape index (κ3) is 4.01. The number of halogens is 1. The van der Waals surface area contributed by atoms with Crippen LogP contribution in [0.5, 0.6) is 0 Å². The number of nitrogens with zero attached hydrogens (tertiary/aromatic N) is 1. The highest BCUT2D eigenvalue weighted by Crippen LogP contribution is 2.38. The summed E-state index contributed by atoms with van der Waals surface area (Å²) in [7, 11) is -3.98. The van der Waals surface area contributed by atoms with E-state index in [1.807, 2.05) is 13.8 Å². The molecule has 32 heavy (non-hydrogen) atoms. The van der Waals surface area contributed by atoms with E-state index < -0.39 is 15.7 Å². The van der Waals surface area contributed by atoms with Gasteiger partial charge in [0.25, 0.3) is 11.8 Å². The lowest BCUT2D eigenvalue weighted by molar-refractivity contribution is 0.0940. The largest absolute Gasteiger partial charge is 0.350 e. The topological polar surface area (TPSA) is 83.6 Å². The predicted octanol–water partition coefficient (Wildman–Crippen LogP) is 4.47. The van der Waals surface area contributed by atoms with Crippen molar-refractivity contribution in [2.45, 2.75) is 36.2 Å². The Bertz CT molecular complexity index is 1320. The van der Waals surface area contributed by atoms with Crippen molar-refractivity contribution in [2.24, 2.45) is 0 Å². The molecule has 1 aliphatic rings. The van der Waals surface area contributed by atoms with Gasteiger partial charge in [0.1, 0.15) is 0 Å². The van der Waals surface area contributed by atoms with E-state index in [1.165, 1.54) is 35.2 Å². The average molecular weight is 469 g/mol. The van der Waals surface area contributed by atoms with Gasteiger partial charge in [-0.1, -0.05) is 35.9 Å². The Hall–Kier alpha value is -3.16. The Labute approximate surface area is 191 Å². The first kappa shape index (κ1) is 22.0. The second-order valence-corrected chi connectivity index (χ2v) is 10.2. The van der Waals surface area contributed by atoms with Crippen LogP contribution in [0.3, 0.4) is 0 Å². The molecule has 8 heteroatoms. The van der Waals surface area contributed by atoms with Crippen molar-refractivity contribution in [2.75, 3.05) is 4.90 Å². The fourth-order valence-electron chi connectivity index (χ4n) is 3.62. The molecule has 0 bridgehead atoms. The SMILES string of the molecule is CC(C)NC(=O)c1ccc2c(c1)N(Cc1ccc(Cl)cc1)C(=O)c1ccccc1S2(=O)=O. The number of nitrogens with one attached hydrogen (secondary N) is 1. The normalized spacial score (nSPS) is 14.5. The molecule has 0 radical (unpaired) electrons. The predicted molar refractivity (Wildman–Crippen MR) is 123 cm³/mol. The van der Waals surface area contributed by atoms with Gasteiger partial charge in [0.2, 0.25) is 9.84 Å². The van der Waals surface area contributed by atoms with Gasteiger partial charge >= 0.3 is 0 Å². The summed E-state index contributed by atoms with van der Waals surface area (Å²) in [6.07, 6.45) is 0. The Morgan fingerprint density at radius 3 is 2.38 bits per heavy atom. The van der Waals surface area contributed by atoms with Crippen molar-refractivity contribution in [3.05, 3.63) is 88.4 Å². The highest BCUT2D eigenvalue weighted by atomic mass is 35.5. The number of benzene rings is 3. The van der Waals surface area contributed by atoms with E-state index in [0.717, 1.165) is 5.56 Å². The molecule has 3 aromatic carbocycles. The molecule has 1 N–H and O–H groups in total. The van der Waals surface area contributed by atoms with E-state index in [2.05, 4.69) is 5.32 Å². The summed E-state index contributed by atoms with van der Waals surface area (Å²) in [5.74, 6) is -0.805. The lowest BCUT2D eigenvalue weighted by atomic mass is 10.1. The quantitative estimate of drug-likeness (QED) is 0.612. The molecule has 4 rings (SSSR count). The maximum absolute atomic E-state index is 13.6. The smallest absolute Gasteiger partial charge is 0.259 e. The van der Waals surface area contributed by atoms with Crippen LogP contribution in [0.15, 0.2) is 76.5 Å². The zero-order valence-electron chi connectivity index (χ0n) is 17.5. The van der Waals surface area contributed by atoms with Gasteiger partial charge in [-0.25, -0.2) is 8.42 Å². The molecule has 164 valence electrons. The minimum Gasteiger partial charge on any atom is -0.350 e. The summed E-state index contributed by atoms with van der Waals surface area (Å²) in [5.41, 5.74) is 1.29. The van der Waals surface area contributed by atoms with Crippen LogP contribution in [0.4, 0.5) is 5.69 Å². The van der Waals surface area contributed by atoms with Crippen molar-refractivity contribution in [1.82, 2.24) is 5.32 Å². The first-order chi connectivity index (χ1) is 15.2. The number of fused-ring (bicyclic) bond motifs is 2. The molecular formula is C24H21ClN2O4S. The van der Waals surface area contributed by atoms with Crippen molar-refractivity contribution in [3.8, 4) is 0 Å². The van der Waals surface area contributed by atoms with Crippen molar-refractivity contribution < 1.29 is 18.0 Å². The Morgan fingerprint density at radius 2 is 1.69 bits per heavy atom. The molecular weight excluding hydrogens is 448 g/mol. The highest BCUT2D eigenvalue weighted by molar-refractivity contribution is 7.91. The van der Waals surface area contributed by atoms with Gasteiger partial charge in [-0.15, -0.1) is 0 Å². The molecule has 2 amide bonds. The average Bonchev–Trinajstić information content (AvgIpc) is 2.83. The fraction of sp³-hybridized carbons (Fsp3) is 0.167. The minimum absolute atomic E-state index is 0.0224. The summed E-state index contributed by atoms with van der Waals surface area (Å²) >= 11 is 5.99. The maximum atomic E-state index is 13.6. The van der Waals surface area contributed by atoms with Gasteiger partial charge < -0.3 is 10.2 Å². The molecule has 6 nitrogen and oxygen atoms in total. The van der Waals surface area contributed by atoms with Gasteiger partial charge in [0, 0.05) is 16.6 Å². The highest BCUT2D eigenvalue weighted by Gasteiger charge is 2.36. The third-order valence-electron chi connectivity index (χ3n) is 5.13. The van der Waals surface area contributed by atoms with Gasteiger partial charge in [-0.05, 0) is 61.9 Å². The number of carbonyl (C=O) groups excluding carboxylic acids is 2. The molecule has 0 aromatic heterocycles. The summed E-state index contributed by atoms with van der Waals surface area (Å²) in [6.45, 7) is 3.78. The van der Waals surface area contributed by atoms with E-state index in [-0.39, 0.29) is 45.1 Å². The summed E-state index contributed by atoms with van der Waals surface area (Å²) in [6, 6.07) is 17.3. The van der Waals surface area contributed by atoms with E-state index in [9.17, 15) is 18.0 Å². The summed E-state index contributed by atoms with van der Waals surface area (Å²) in [4.78, 5) is 27.5. The van der Waals surface area contributed by atoms with Gasteiger partial charge in [0.05, 0.1) is 27.6 Å². The number of hydrogen-bond donors (Lipinski definition) is 1. The Morgan fingerprint density at radius 1 is 1.00 bits per heavy atom. The number of carbonyl (C=O) groups is 2. The van der Waals surface area contributed by atoms with E-state index >= 15 is 0 Å². The van der Waals surface area contributed by atoms with Crippen molar-refractivity contribution >= 4 is 38.9 Å². The summed E-state index contributed by atoms with van der Waals surface area (Å²) < 4.78 is 26.9. The van der Waals surface area contributed by atoms with Crippen LogP contribution in [0, 0.1) is 0 Å². The third-order valence-corrected chi connectivity index (χ3v) is 7.24. The molecule has 0 aliphatic carbocycles. The van der Waals surface area contributed by atoms with Crippen LogP contribution in [0.1, 0.15) is 40.1 Å².